The molecule has 0 radical (unpaired) electrons. The van der Waals surface area contributed by atoms with Crippen LogP contribution in [0.5, 0.6) is 0 Å². The minimum absolute atomic E-state index is 0.0175. The van der Waals surface area contributed by atoms with Crippen LogP contribution in [0.3, 0.4) is 0 Å². The lowest BCUT2D eigenvalue weighted by atomic mass is 9.92. The van der Waals surface area contributed by atoms with E-state index in [1.807, 2.05) is 30.3 Å². The van der Waals surface area contributed by atoms with Crippen LogP contribution in [0.1, 0.15) is 34.7 Å². The average molecular weight is 465 g/mol. The first-order valence-corrected chi connectivity index (χ1v) is 11.8. The highest BCUT2D eigenvalue weighted by Gasteiger charge is 2.37. The van der Waals surface area contributed by atoms with Gasteiger partial charge in [0.1, 0.15) is 12.4 Å². The first-order valence-electron chi connectivity index (χ1n) is 10.4. The van der Waals surface area contributed by atoms with Gasteiger partial charge in [-0.1, -0.05) is 36.4 Å². The fourth-order valence-corrected chi connectivity index (χ4v) is 5.53. The van der Waals surface area contributed by atoms with Gasteiger partial charge in [0.15, 0.2) is 0 Å². The highest BCUT2D eigenvalue weighted by Crippen LogP contribution is 2.36. The Hall–Kier alpha value is -3.54. The minimum Gasteiger partial charge on any atom is -0.461 e. The zero-order chi connectivity index (χ0) is 23.4. The molecule has 168 valence electrons. The molecule has 0 spiro atoms. The Labute approximate surface area is 191 Å². The lowest BCUT2D eigenvalue weighted by molar-refractivity contribution is -0.146. The summed E-state index contributed by atoms with van der Waals surface area (Å²) >= 11 is 0. The van der Waals surface area contributed by atoms with E-state index in [2.05, 4.69) is 0 Å². The van der Waals surface area contributed by atoms with Crippen molar-refractivity contribution < 1.29 is 22.3 Å². The quantitative estimate of drug-likeness (QED) is 0.512. The van der Waals surface area contributed by atoms with Crippen molar-refractivity contribution in [3.8, 4) is 6.07 Å². The van der Waals surface area contributed by atoms with Crippen molar-refractivity contribution >= 4 is 16.0 Å². The van der Waals surface area contributed by atoms with Crippen molar-refractivity contribution in [2.45, 2.75) is 30.4 Å². The van der Waals surface area contributed by atoms with Gasteiger partial charge >= 0.3 is 5.97 Å². The molecular formula is C25H21FN2O4S. The molecular weight excluding hydrogens is 443 g/mol. The standard InChI is InChI=1S/C25H21FN2O4S/c26-21-9-11-22(12-10-21)33(30,31)28-14-13-20-3-1-2-4-23(20)24(28)15-25(29)32-17-19-7-5-18(16-27)6-8-19/h1-12,24H,13-15,17H2/t24-/m1/s1. The van der Waals surface area contributed by atoms with Gasteiger partial charge in [-0.3, -0.25) is 4.79 Å². The molecule has 0 bridgehead atoms. The smallest absolute Gasteiger partial charge is 0.308 e. The number of carbonyl (C=O) groups is 1. The summed E-state index contributed by atoms with van der Waals surface area (Å²) in [5.41, 5.74) is 2.96. The summed E-state index contributed by atoms with van der Waals surface area (Å²) in [5, 5.41) is 8.89. The van der Waals surface area contributed by atoms with Crippen LogP contribution in [0, 0.1) is 17.1 Å². The van der Waals surface area contributed by atoms with Gasteiger partial charge in [0, 0.05) is 6.54 Å². The van der Waals surface area contributed by atoms with Crippen LogP contribution in [0.2, 0.25) is 0 Å². The Morgan fingerprint density at radius 3 is 2.45 bits per heavy atom. The molecule has 0 fully saturated rings. The molecule has 1 aliphatic rings. The third kappa shape index (κ3) is 4.95. The lowest BCUT2D eigenvalue weighted by Gasteiger charge is -2.36. The molecule has 1 heterocycles. The Balaban J connectivity index is 1.57. The predicted molar refractivity (Wildman–Crippen MR) is 119 cm³/mol. The van der Waals surface area contributed by atoms with E-state index in [1.165, 1.54) is 16.4 Å². The van der Waals surface area contributed by atoms with E-state index in [0.717, 1.165) is 28.8 Å². The summed E-state index contributed by atoms with van der Waals surface area (Å²) in [6, 6.07) is 20.1. The largest absolute Gasteiger partial charge is 0.461 e. The van der Waals surface area contributed by atoms with Gasteiger partial charge in [0.2, 0.25) is 10.0 Å². The first kappa shape index (κ1) is 22.6. The molecule has 8 heteroatoms. The van der Waals surface area contributed by atoms with Crippen molar-refractivity contribution in [3.63, 3.8) is 0 Å². The summed E-state index contributed by atoms with van der Waals surface area (Å²) in [7, 11) is -3.96. The number of hydrogen-bond acceptors (Lipinski definition) is 5. The van der Waals surface area contributed by atoms with Crippen LogP contribution in [-0.2, 0) is 32.6 Å². The molecule has 0 amide bonds. The van der Waals surface area contributed by atoms with Crippen LogP contribution in [-0.4, -0.2) is 25.2 Å². The Bertz CT molecular complexity index is 1300. The van der Waals surface area contributed by atoms with E-state index in [4.69, 9.17) is 10.00 Å². The molecule has 4 rings (SSSR count). The maximum atomic E-state index is 13.4. The lowest BCUT2D eigenvalue weighted by Crippen LogP contribution is -2.41. The summed E-state index contributed by atoms with van der Waals surface area (Å²) in [6.07, 6.45) is 0.348. The normalized spacial score (nSPS) is 15.9. The highest BCUT2D eigenvalue weighted by atomic mass is 32.2. The Morgan fingerprint density at radius 1 is 1.06 bits per heavy atom. The number of fused-ring (bicyclic) bond motifs is 1. The second-order valence-corrected chi connectivity index (χ2v) is 9.60. The van der Waals surface area contributed by atoms with E-state index in [9.17, 15) is 17.6 Å². The van der Waals surface area contributed by atoms with Crippen molar-refractivity contribution in [2.75, 3.05) is 6.54 Å². The van der Waals surface area contributed by atoms with Crippen molar-refractivity contribution in [3.05, 3.63) is 101 Å². The number of hydrogen-bond donors (Lipinski definition) is 0. The van der Waals surface area contributed by atoms with Crippen LogP contribution >= 0.6 is 0 Å². The van der Waals surface area contributed by atoms with Gasteiger partial charge in [0.25, 0.3) is 0 Å². The molecule has 0 aliphatic carbocycles. The number of esters is 1. The summed E-state index contributed by atoms with van der Waals surface area (Å²) in [5.74, 6) is -1.07. The molecule has 6 nitrogen and oxygen atoms in total. The second kappa shape index (κ2) is 9.53. The first-order chi connectivity index (χ1) is 15.9. The third-order valence-corrected chi connectivity index (χ3v) is 7.55. The maximum absolute atomic E-state index is 13.4. The van der Waals surface area contributed by atoms with Gasteiger partial charge in [0.05, 0.1) is 29.0 Å². The topological polar surface area (TPSA) is 87.5 Å². The Morgan fingerprint density at radius 2 is 1.76 bits per heavy atom. The molecule has 3 aromatic carbocycles. The highest BCUT2D eigenvalue weighted by molar-refractivity contribution is 7.89. The number of benzene rings is 3. The monoisotopic (exact) mass is 464 g/mol. The third-order valence-electron chi connectivity index (χ3n) is 5.63. The summed E-state index contributed by atoms with van der Waals surface area (Å²) in [6.45, 7) is 0.216. The number of rotatable bonds is 6. The van der Waals surface area contributed by atoms with Crippen LogP contribution in [0.4, 0.5) is 4.39 Å². The van der Waals surface area contributed by atoms with E-state index in [1.54, 1.807) is 24.3 Å². The van der Waals surface area contributed by atoms with Crippen LogP contribution in [0.25, 0.3) is 0 Å². The van der Waals surface area contributed by atoms with Gasteiger partial charge in [-0.15, -0.1) is 0 Å². The number of nitrogens with zero attached hydrogens (tertiary/aromatic N) is 2. The SMILES string of the molecule is N#Cc1ccc(COC(=O)C[C@@H]2c3ccccc3CCN2S(=O)(=O)c2ccc(F)cc2)cc1. The molecule has 1 aliphatic heterocycles. The van der Waals surface area contributed by atoms with Gasteiger partial charge in [-0.25, -0.2) is 12.8 Å². The van der Waals surface area contributed by atoms with Gasteiger partial charge in [-0.2, -0.15) is 9.57 Å². The number of ether oxygens (including phenoxy) is 1. The zero-order valence-corrected chi connectivity index (χ0v) is 18.5. The number of sulfonamides is 1. The number of halogens is 1. The van der Waals surface area contributed by atoms with E-state index >= 15 is 0 Å². The van der Waals surface area contributed by atoms with E-state index in [0.29, 0.717) is 12.0 Å². The molecule has 0 N–H and O–H groups in total. The minimum atomic E-state index is -3.96. The molecule has 33 heavy (non-hydrogen) atoms. The molecule has 0 unspecified atom stereocenters. The van der Waals surface area contributed by atoms with Gasteiger partial charge in [-0.05, 0) is 59.5 Å². The van der Waals surface area contributed by atoms with E-state index < -0.39 is 27.9 Å². The van der Waals surface area contributed by atoms with Crippen molar-refractivity contribution in [1.82, 2.24) is 4.31 Å². The van der Waals surface area contributed by atoms with Crippen LogP contribution in [0.15, 0.2) is 77.7 Å². The second-order valence-electron chi connectivity index (χ2n) is 7.71. The van der Waals surface area contributed by atoms with Crippen molar-refractivity contribution in [2.24, 2.45) is 0 Å². The maximum Gasteiger partial charge on any atom is 0.308 e. The molecule has 0 saturated carbocycles. The fraction of sp³-hybridized carbons (Fsp3) is 0.200. The molecule has 0 aromatic heterocycles. The fourth-order valence-electron chi connectivity index (χ4n) is 3.93. The van der Waals surface area contributed by atoms with Crippen molar-refractivity contribution in [1.29, 1.82) is 5.26 Å². The van der Waals surface area contributed by atoms with Gasteiger partial charge < -0.3 is 4.74 Å². The molecule has 0 saturated heterocycles. The predicted octanol–water partition coefficient (Wildman–Crippen LogP) is 4.12. The van der Waals surface area contributed by atoms with Crippen LogP contribution < -0.4 is 0 Å². The van der Waals surface area contributed by atoms with E-state index in [-0.39, 0.29) is 24.5 Å². The number of carbonyl (C=O) groups excluding carboxylic acids is 1. The zero-order valence-electron chi connectivity index (χ0n) is 17.6. The molecule has 1 atom stereocenters. The Kier molecular flexibility index (Phi) is 6.54. The summed E-state index contributed by atoms with van der Waals surface area (Å²) in [4.78, 5) is 12.7. The average Bonchev–Trinajstić information content (AvgIpc) is 2.83. The summed E-state index contributed by atoms with van der Waals surface area (Å²) < 4.78 is 46.8. The molecule has 3 aromatic rings. The number of nitriles is 1.